The Kier molecular flexibility index (Phi) is 4.94. The van der Waals surface area contributed by atoms with Crippen molar-refractivity contribution in [3.63, 3.8) is 0 Å². The molecule has 1 N–H and O–H groups in total. The maximum Gasteiger partial charge on any atom is 0.258 e. The third-order valence-corrected chi connectivity index (χ3v) is 2.64. The number of carbonyl (C=O) groups excluding carboxylic acids is 1. The molecule has 0 saturated carbocycles. The molecule has 5 heteroatoms. The first-order valence-electron chi connectivity index (χ1n) is 6.21. The average Bonchev–Trinajstić information content (AvgIpc) is 2.52. The zero-order chi connectivity index (χ0) is 14.2. The Balaban J connectivity index is 1.80. The van der Waals surface area contributed by atoms with Crippen molar-refractivity contribution in [1.82, 2.24) is 10.3 Å². The van der Waals surface area contributed by atoms with E-state index in [0.717, 1.165) is 5.56 Å². The van der Waals surface area contributed by atoms with E-state index in [1.54, 1.807) is 31.6 Å². The summed E-state index contributed by atoms with van der Waals surface area (Å²) in [6.45, 7) is 0.378. The second-order valence-corrected chi connectivity index (χ2v) is 4.08. The highest BCUT2D eigenvalue weighted by molar-refractivity contribution is 5.77. The van der Waals surface area contributed by atoms with Gasteiger partial charge >= 0.3 is 0 Å². The van der Waals surface area contributed by atoms with Gasteiger partial charge in [0, 0.05) is 18.9 Å². The van der Waals surface area contributed by atoms with Gasteiger partial charge in [0.1, 0.15) is 0 Å². The molecule has 0 unspecified atom stereocenters. The molecule has 0 bridgehead atoms. The quantitative estimate of drug-likeness (QED) is 0.871. The minimum absolute atomic E-state index is 0.0549. The van der Waals surface area contributed by atoms with Crippen molar-refractivity contribution in [1.29, 1.82) is 0 Å². The molecular formula is C15H16N2O3. The van der Waals surface area contributed by atoms with Crippen LogP contribution in [-0.4, -0.2) is 24.6 Å². The summed E-state index contributed by atoms with van der Waals surface area (Å²) >= 11 is 0. The van der Waals surface area contributed by atoms with Crippen LogP contribution in [0.4, 0.5) is 0 Å². The fraction of sp³-hybridized carbons (Fsp3) is 0.200. The zero-order valence-corrected chi connectivity index (χ0v) is 11.2. The van der Waals surface area contributed by atoms with E-state index in [-0.39, 0.29) is 12.5 Å². The predicted octanol–water partition coefficient (Wildman–Crippen LogP) is 1.79. The normalized spacial score (nSPS) is 9.85. The standard InChI is InChI=1S/C15H16N2O3/c1-19-13-6-2-3-7-14(13)20-11-15(18)17-10-12-5-4-8-16-9-12/h2-9H,10-11H2,1H3,(H,17,18). The van der Waals surface area contributed by atoms with Gasteiger partial charge < -0.3 is 14.8 Å². The van der Waals surface area contributed by atoms with Crippen LogP contribution in [0, 0.1) is 0 Å². The highest BCUT2D eigenvalue weighted by atomic mass is 16.5. The molecule has 0 saturated heterocycles. The Labute approximate surface area is 117 Å². The monoisotopic (exact) mass is 272 g/mol. The summed E-state index contributed by atoms with van der Waals surface area (Å²) in [5.41, 5.74) is 0.943. The highest BCUT2D eigenvalue weighted by Gasteiger charge is 2.06. The van der Waals surface area contributed by atoms with E-state index in [9.17, 15) is 4.79 Å². The maximum atomic E-state index is 11.7. The molecule has 0 fully saturated rings. The van der Waals surface area contributed by atoms with Gasteiger partial charge in [0.2, 0.25) is 0 Å². The van der Waals surface area contributed by atoms with Gasteiger partial charge in [0.15, 0.2) is 18.1 Å². The van der Waals surface area contributed by atoms with Crippen LogP contribution in [0.3, 0.4) is 0 Å². The van der Waals surface area contributed by atoms with Crippen LogP contribution in [0.1, 0.15) is 5.56 Å². The number of benzene rings is 1. The van der Waals surface area contributed by atoms with Crippen LogP contribution in [0.2, 0.25) is 0 Å². The Morgan fingerprint density at radius 2 is 2.00 bits per heavy atom. The van der Waals surface area contributed by atoms with Crippen molar-refractivity contribution < 1.29 is 14.3 Å². The Morgan fingerprint density at radius 1 is 1.20 bits per heavy atom. The number of hydrogen-bond donors (Lipinski definition) is 1. The number of nitrogens with zero attached hydrogens (tertiary/aromatic N) is 1. The minimum atomic E-state index is -0.195. The summed E-state index contributed by atoms with van der Waals surface area (Å²) in [7, 11) is 1.56. The largest absolute Gasteiger partial charge is 0.493 e. The van der Waals surface area contributed by atoms with E-state index >= 15 is 0 Å². The van der Waals surface area contributed by atoms with E-state index in [1.165, 1.54) is 0 Å². The van der Waals surface area contributed by atoms with Gasteiger partial charge in [-0.15, -0.1) is 0 Å². The van der Waals surface area contributed by atoms with E-state index < -0.39 is 0 Å². The van der Waals surface area contributed by atoms with Crippen LogP contribution in [0.5, 0.6) is 11.5 Å². The molecule has 0 aliphatic heterocycles. The number of rotatable bonds is 6. The summed E-state index contributed by atoms with van der Waals surface area (Å²) in [4.78, 5) is 15.7. The van der Waals surface area contributed by atoms with Crippen molar-refractivity contribution in [2.24, 2.45) is 0 Å². The first kappa shape index (κ1) is 13.9. The molecule has 20 heavy (non-hydrogen) atoms. The highest BCUT2D eigenvalue weighted by Crippen LogP contribution is 2.25. The smallest absolute Gasteiger partial charge is 0.258 e. The number of amides is 1. The molecule has 1 amide bonds. The fourth-order valence-electron chi connectivity index (χ4n) is 1.64. The summed E-state index contributed by atoms with van der Waals surface area (Å²) in [5.74, 6) is 0.957. The lowest BCUT2D eigenvalue weighted by molar-refractivity contribution is -0.123. The maximum absolute atomic E-state index is 11.7. The molecule has 0 spiro atoms. The summed E-state index contributed by atoms with van der Waals surface area (Å²) in [6.07, 6.45) is 3.40. The molecular weight excluding hydrogens is 256 g/mol. The molecule has 2 aromatic rings. The van der Waals surface area contributed by atoms with Crippen molar-refractivity contribution >= 4 is 5.91 Å². The van der Waals surface area contributed by atoms with Crippen LogP contribution in [0.25, 0.3) is 0 Å². The van der Waals surface area contributed by atoms with Gasteiger partial charge in [0.05, 0.1) is 7.11 Å². The summed E-state index contributed by atoms with van der Waals surface area (Å²) in [5, 5.41) is 2.76. The molecule has 1 heterocycles. The van der Waals surface area contributed by atoms with Crippen molar-refractivity contribution in [3.05, 3.63) is 54.4 Å². The molecule has 0 radical (unpaired) electrons. The van der Waals surface area contributed by atoms with Gasteiger partial charge in [-0.1, -0.05) is 18.2 Å². The second kappa shape index (κ2) is 7.13. The minimum Gasteiger partial charge on any atom is -0.493 e. The average molecular weight is 272 g/mol. The number of nitrogens with one attached hydrogen (secondary N) is 1. The van der Waals surface area contributed by atoms with Crippen molar-refractivity contribution in [2.75, 3.05) is 13.7 Å². The number of carbonyl (C=O) groups is 1. The van der Waals surface area contributed by atoms with Crippen molar-refractivity contribution in [3.8, 4) is 11.5 Å². The fourth-order valence-corrected chi connectivity index (χ4v) is 1.64. The first-order valence-corrected chi connectivity index (χ1v) is 6.21. The summed E-state index contributed by atoms with van der Waals surface area (Å²) < 4.78 is 10.6. The predicted molar refractivity (Wildman–Crippen MR) is 74.6 cm³/mol. The zero-order valence-electron chi connectivity index (χ0n) is 11.2. The van der Waals surface area contributed by atoms with Crippen LogP contribution >= 0.6 is 0 Å². The van der Waals surface area contributed by atoms with Crippen molar-refractivity contribution in [2.45, 2.75) is 6.54 Å². The second-order valence-electron chi connectivity index (χ2n) is 4.08. The number of hydrogen-bond acceptors (Lipinski definition) is 4. The van der Waals surface area contributed by atoms with E-state index in [4.69, 9.17) is 9.47 Å². The SMILES string of the molecule is COc1ccccc1OCC(=O)NCc1cccnc1. The molecule has 0 aliphatic rings. The number of pyridine rings is 1. The van der Waals surface area contributed by atoms with Gasteiger partial charge in [-0.2, -0.15) is 0 Å². The van der Waals surface area contributed by atoms with Crippen LogP contribution < -0.4 is 14.8 Å². The first-order chi connectivity index (χ1) is 9.79. The van der Waals surface area contributed by atoms with Crippen LogP contribution in [0.15, 0.2) is 48.8 Å². The molecule has 1 aromatic carbocycles. The van der Waals surface area contributed by atoms with E-state index in [1.807, 2.05) is 24.3 Å². The molecule has 5 nitrogen and oxygen atoms in total. The van der Waals surface area contributed by atoms with Crippen LogP contribution in [-0.2, 0) is 11.3 Å². The van der Waals surface area contributed by atoms with E-state index in [0.29, 0.717) is 18.0 Å². The Hall–Kier alpha value is -2.56. The topological polar surface area (TPSA) is 60.5 Å². The molecule has 0 aliphatic carbocycles. The Bertz CT molecular complexity index is 558. The molecule has 1 aromatic heterocycles. The third kappa shape index (κ3) is 3.98. The number of ether oxygens (including phenoxy) is 2. The summed E-state index contributed by atoms with van der Waals surface area (Å²) in [6, 6.07) is 10.9. The van der Waals surface area contributed by atoms with Gasteiger partial charge in [-0.25, -0.2) is 0 Å². The number of para-hydroxylation sites is 2. The van der Waals surface area contributed by atoms with E-state index in [2.05, 4.69) is 10.3 Å². The van der Waals surface area contributed by atoms with Gasteiger partial charge in [-0.3, -0.25) is 9.78 Å². The molecule has 0 atom stereocenters. The third-order valence-electron chi connectivity index (χ3n) is 2.64. The lowest BCUT2D eigenvalue weighted by atomic mass is 10.3. The van der Waals surface area contributed by atoms with Gasteiger partial charge in [0.25, 0.3) is 5.91 Å². The lowest BCUT2D eigenvalue weighted by Crippen LogP contribution is -2.28. The molecule has 104 valence electrons. The number of methoxy groups -OCH3 is 1. The Morgan fingerprint density at radius 3 is 2.70 bits per heavy atom. The molecule has 2 rings (SSSR count). The van der Waals surface area contributed by atoms with Gasteiger partial charge in [-0.05, 0) is 23.8 Å². The lowest BCUT2D eigenvalue weighted by Gasteiger charge is -2.10. The number of aromatic nitrogens is 1.